The Bertz CT molecular complexity index is 918. The third-order valence-corrected chi connectivity index (χ3v) is 5.41. The van der Waals surface area contributed by atoms with E-state index in [0.717, 1.165) is 5.82 Å². The number of benzene rings is 2. The van der Waals surface area contributed by atoms with E-state index in [-0.39, 0.29) is 5.41 Å². The summed E-state index contributed by atoms with van der Waals surface area (Å²) in [4.78, 5) is 8.13. The Labute approximate surface area is 154 Å². The van der Waals surface area contributed by atoms with Crippen LogP contribution in [0.3, 0.4) is 0 Å². The number of anilines is 2. The van der Waals surface area contributed by atoms with Crippen molar-refractivity contribution >= 4 is 29.8 Å². The molecule has 3 aromatic rings. The molecule has 1 aromatic heterocycles. The minimum Gasteiger partial charge on any atom is -0.363 e. The van der Waals surface area contributed by atoms with Crippen LogP contribution in [0.5, 0.6) is 0 Å². The minimum atomic E-state index is 0.0964. The van der Waals surface area contributed by atoms with Crippen LogP contribution < -0.4 is 4.81 Å². The van der Waals surface area contributed by atoms with E-state index in [9.17, 15) is 0 Å². The van der Waals surface area contributed by atoms with Gasteiger partial charge >= 0.3 is 6.69 Å². The lowest BCUT2D eigenvalue weighted by Crippen LogP contribution is -2.21. The molecule has 1 aliphatic rings. The summed E-state index contributed by atoms with van der Waals surface area (Å²) in [5.74, 6) is 0.959. The first-order valence-electron chi connectivity index (χ1n) is 8.48. The van der Waals surface area contributed by atoms with E-state index >= 15 is 0 Å². The number of hydrogen-bond donors (Lipinski definition) is 0. The summed E-state index contributed by atoms with van der Waals surface area (Å²) in [5, 5.41) is 0. The van der Waals surface area contributed by atoms with E-state index in [1.807, 2.05) is 6.20 Å². The number of para-hydroxylation sites is 1. The van der Waals surface area contributed by atoms with Gasteiger partial charge in [-0.2, -0.15) is 11.6 Å². The Morgan fingerprint density at radius 1 is 0.920 bits per heavy atom. The zero-order valence-corrected chi connectivity index (χ0v) is 15.5. The summed E-state index contributed by atoms with van der Waals surface area (Å²) in [6, 6.07) is 21.4. The van der Waals surface area contributed by atoms with Crippen molar-refractivity contribution in [1.82, 2.24) is 4.98 Å². The van der Waals surface area contributed by atoms with Crippen molar-refractivity contribution in [3.63, 3.8) is 0 Å². The highest BCUT2D eigenvalue weighted by molar-refractivity contribution is 8.22. The molecule has 0 atom stereocenters. The normalized spacial score (nSPS) is 13.5. The molecule has 2 nitrogen and oxygen atoms in total. The third kappa shape index (κ3) is 3.07. The Balaban J connectivity index is 1.86. The van der Waals surface area contributed by atoms with Crippen LogP contribution >= 0.6 is 11.6 Å². The smallest absolute Gasteiger partial charge is 0.337 e. The monoisotopic (exact) mass is 343 g/mol. The third-order valence-electron chi connectivity index (χ3n) is 4.48. The van der Waals surface area contributed by atoms with Crippen molar-refractivity contribution in [2.45, 2.75) is 31.1 Å². The number of fused-ring (bicyclic) bond motifs is 3. The van der Waals surface area contributed by atoms with Crippen LogP contribution in [-0.4, -0.2) is 11.7 Å². The molecule has 123 valence electrons. The molecule has 0 unspecified atom stereocenters. The zero-order valence-electron chi connectivity index (χ0n) is 14.7. The van der Waals surface area contributed by atoms with Gasteiger partial charge < -0.3 is 4.81 Å². The molecule has 0 bridgehead atoms. The lowest BCUT2D eigenvalue weighted by atomic mass is 9.87. The van der Waals surface area contributed by atoms with E-state index in [1.54, 1.807) is 11.6 Å². The number of pyridine rings is 1. The first kappa shape index (κ1) is 16.3. The summed E-state index contributed by atoms with van der Waals surface area (Å²) in [6.07, 6.45) is 1.91. The van der Waals surface area contributed by atoms with Crippen LogP contribution in [0.25, 0.3) is 11.1 Å². The second kappa shape index (κ2) is 6.27. The predicted molar refractivity (Wildman–Crippen MR) is 109 cm³/mol. The van der Waals surface area contributed by atoms with E-state index in [1.165, 1.54) is 27.3 Å². The predicted octanol–water partition coefficient (Wildman–Crippen LogP) is 5.82. The first-order chi connectivity index (χ1) is 12.0. The molecule has 2 aromatic carbocycles. The summed E-state index contributed by atoms with van der Waals surface area (Å²) in [7, 11) is 0. The van der Waals surface area contributed by atoms with Crippen molar-refractivity contribution in [2.75, 3.05) is 4.81 Å². The van der Waals surface area contributed by atoms with Crippen LogP contribution in [0.15, 0.2) is 71.8 Å². The molecule has 0 fully saturated rings. The number of aromatic nitrogens is 1. The molecular weight excluding hydrogens is 323 g/mol. The van der Waals surface area contributed by atoms with Crippen LogP contribution in [0.1, 0.15) is 26.3 Å². The average Bonchev–Trinajstić information content (AvgIpc) is 2.78. The Hall–Kier alpha value is -2.20. The Morgan fingerprint density at radius 2 is 1.64 bits per heavy atom. The van der Waals surface area contributed by atoms with Gasteiger partial charge in [0.1, 0.15) is 5.82 Å². The zero-order chi connectivity index (χ0) is 17.4. The van der Waals surface area contributed by atoms with Gasteiger partial charge in [-0.3, -0.25) is 0 Å². The molecular formula is C21H20BN2S. The highest BCUT2D eigenvalue weighted by Crippen LogP contribution is 2.43. The quantitative estimate of drug-likeness (QED) is 0.518. The molecule has 0 saturated carbocycles. The molecule has 1 aliphatic heterocycles. The highest BCUT2D eigenvalue weighted by Gasteiger charge is 2.24. The molecule has 0 amide bonds. The van der Waals surface area contributed by atoms with Gasteiger partial charge in [-0.25, -0.2) is 4.98 Å². The van der Waals surface area contributed by atoms with Crippen LogP contribution in [0.2, 0.25) is 0 Å². The van der Waals surface area contributed by atoms with Crippen molar-refractivity contribution in [2.24, 2.45) is 0 Å². The fourth-order valence-electron chi connectivity index (χ4n) is 3.06. The van der Waals surface area contributed by atoms with Crippen molar-refractivity contribution in [3.8, 4) is 11.1 Å². The molecule has 25 heavy (non-hydrogen) atoms. The Morgan fingerprint density at radius 3 is 2.44 bits per heavy atom. The average molecular weight is 343 g/mol. The fourth-order valence-corrected chi connectivity index (χ4v) is 3.97. The molecule has 2 heterocycles. The maximum atomic E-state index is 4.66. The van der Waals surface area contributed by atoms with Gasteiger partial charge in [0.25, 0.3) is 0 Å². The number of hydrogen-bond acceptors (Lipinski definition) is 3. The molecule has 0 saturated heterocycles. The van der Waals surface area contributed by atoms with E-state index < -0.39 is 0 Å². The van der Waals surface area contributed by atoms with Gasteiger partial charge in [0.2, 0.25) is 0 Å². The molecule has 4 rings (SSSR count). The van der Waals surface area contributed by atoms with Gasteiger partial charge in [0.15, 0.2) is 0 Å². The van der Waals surface area contributed by atoms with Crippen molar-refractivity contribution < 1.29 is 0 Å². The largest absolute Gasteiger partial charge is 0.363 e. The molecule has 0 spiro atoms. The van der Waals surface area contributed by atoms with E-state index in [4.69, 9.17) is 0 Å². The van der Waals surface area contributed by atoms with Gasteiger partial charge in [-0.05, 0) is 40.8 Å². The summed E-state index contributed by atoms with van der Waals surface area (Å²) < 4.78 is 0. The number of nitrogens with zero attached hydrogens (tertiary/aromatic N) is 2. The lowest BCUT2D eigenvalue weighted by Gasteiger charge is -2.26. The maximum absolute atomic E-state index is 4.66. The lowest BCUT2D eigenvalue weighted by molar-refractivity contribution is 0.589. The minimum absolute atomic E-state index is 0.0964. The van der Waals surface area contributed by atoms with E-state index in [0.29, 0.717) is 0 Å². The van der Waals surface area contributed by atoms with Crippen LogP contribution in [0, 0.1) is 0 Å². The number of rotatable bonds is 1. The standard InChI is InChI=1S/C21H20BN2S/c1-21(2,3)15-12-13-23-20(14-15)24-18-10-6-4-8-16(18)17-9-5-7-11-19(17)25-22-24/h4-14H,1-3H3. The SMILES string of the molecule is CC(C)(C)c1ccnc(N2[B]Sc3ccccc3-c3ccccc32)c1. The van der Waals surface area contributed by atoms with Gasteiger partial charge in [-0.15, -0.1) is 0 Å². The summed E-state index contributed by atoms with van der Waals surface area (Å²) in [5.41, 5.74) is 5.06. The maximum Gasteiger partial charge on any atom is 0.337 e. The molecule has 1 radical (unpaired) electrons. The summed E-state index contributed by atoms with van der Waals surface area (Å²) in [6.45, 7) is 8.86. The summed E-state index contributed by atoms with van der Waals surface area (Å²) >= 11 is 1.74. The van der Waals surface area contributed by atoms with Gasteiger partial charge in [0.05, 0.1) is 0 Å². The molecule has 0 aliphatic carbocycles. The van der Waals surface area contributed by atoms with Crippen LogP contribution in [-0.2, 0) is 5.41 Å². The van der Waals surface area contributed by atoms with Gasteiger partial charge in [0, 0.05) is 22.3 Å². The van der Waals surface area contributed by atoms with Gasteiger partial charge in [-0.1, -0.05) is 57.2 Å². The van der Waals surface area contributed by atoms with Crippen molar-refractivity contribution in [1.29, 1.82) is 0 Å². The van der Waals surface area contributed by atoms with E-state index in [2.05, 4.69) is 97.9 Å². The Kier molecular flexibility index (Phi) is 4.08. The second-order valence-corrected chi connectivity index (χ2v) is 8.15. The molecule has 4 heteroatoms. The topological polar surface area (TPSA) is 16.1 Å². The van der Waals surface area contributed by atoms with Crippen LogP contribution in [0.4, 0.5) is 11.5 Å². The highest BCUT2D eigenvalue weighted by atomic mass is 32.2. The van der Waals surface area contributed by atoms with Crippen molar-refractivity contribution in [3.05, 3.63) is 72.4 Å². The fraction of sp³-hybridized carbons (Fsp3) is 0.190. The second-order valence-electron chi connectivity index (χ2n) is 7.26. The first-order valence-corrected chi connectivity index (χ1v) is 9.36. The molecule has 0 N–H and O–H groups in total.